The molecule has 54 heavy (non-hydrogen) atoms. The van der Waals surface area contributed by atoms with Gasteiger partial charge in [-0.15, -0.1) is 11.3 Å². The molecule has 10 aromatic rings. The molecule has 8 aromatic carbocycles. The van der Waals surface area contributed by atoms with Gasteiger partial charge in [0.1, 0.15) is 0 Å². The molecule has 3 nitrogen and oxygen atoms in total. The zero-order chi connectivity index (χ0) is 35.8. The molecule has 0 atom stereocenters. The van der Waals surface area contributed by atoms with Gasteiger partial charge in [-0.2, -0.15) is 0 Å². The van der Waals surface area contributed by atoms with Gasteiger partial charge >= 0.3 is 0 Å². The van der Waals surface area contributed by atoms with Crippen LogP contribution in [0.15, 0.2) is 200 Å². The predicted octanol–water partition coefficient (Wildman–Crippen LogP) is 14.1. The van der Waals surface area contributed by atoms with Crippen molar-refractivity contribution in [2.45, 2.75) is 0 Å². The largest absolute Gasteiger partial charge is 0.311 e. The lowest BCUT2D eigenvalue weighted by Gasteiger charge is -2.26. The van der Waals surface area contributed by atoms with Crippen molar-refractivity contribution in [1.82, 2.24) is 9.97 Å². The van der Waals surface area contributed by atoms with E-state index in [1.807, 2.05) is 23.5 Å². The lowest BCUT2D eigenvalue weighted by atomic mass is 9.96. The van der Waals surface area contributed by atoms with Gasteiger partial charge < -0.3 is 4.90 Å². The Morgan fingerprint density at radius 2 is 0.889 bits per heavy atom. The molecule has 0 aliphatic carbocycles. The second-order valence-corrected chi connectivity index (χ2v) is 14.4. The van der Waals surface area contributed by atoms with Crippen molar-refractivity contribution in [3.05, 3.63) is 200 Å². The highest BCUT2D eigenvalue weighted by Gasteiger charge is 2.20. The first-order valence-electron chi connectivity index (χ1n) is 18.2. The fourth-order valence-electron chi connectivity index (χ4n) is 7.51. The molecule has 0 saturated carbocycles. The quantitative estimate of drug-likeness (QED) is 0.165. The van der Waals surface area contributed by atoms with Crippen molar-refractivity contribution in [2.24, 2.45) is 0 Å². The van der Waals surface area contributed by atoms with Gasteiger partial charge in [0.15, 0.2) is 5.82 Å². The van der Waals surface area contributed by atoms with E-state index in [0.29, 0.717) is 0 Å². The van der Waals surface area contributed by atoms with Gasteiger partial charge in [0.05, 0.1) is 11.2 Å². The van der Waals surface area contributed by atoms with E-state index >= 15 is 0 Å². The molecule has 0 aliphatic rings. The van der Waals surface area contributed by atoms with Crippen LogP contribution in [0.5, 0.6) is 0 Å². The number of hydrogen-bond donors (Lipinski definition) is 0. The summed E-state index contributed by atoms with van der Waals surface area (Å²) in [7, 11) is 0. The Morgan fingerprint density at radius 1 is 0.370 bits per heavy atom. The number of aromatic nitrogens is 2. The summed E-state index contributed by atoms with van der Waals surface area (Å²) in [6.07, 6.45) is 0. The van der Waals surface area contributed by atoms with Crippen LogP contribution in [-0.2, 0) is 0 Å². The first-order valence-corrected chi connectivity index (χ1v) is 19.0. The standard InChI is InChI=1S/C50H33N3S/c1-4-14-34(15-5-1)35-24-28-39(29-25-35)53(38-18-8-3-9-19-38)40-30-26-36(27-31-40)41-32-33-44(49-47(41)43-21-11-13-23-46(43)54-49)50-51-45-22-12-10-20-42(45)48(52-50)37-16-6-2-7-17-37/h1-33H. The van der Waals surface area contributed by atoms with E-state index in [4.69, 9.17) is 9.97 Å². The van der Waals surface area contributed by atoms with Crippen molar-refractivity contribution >= 4 is 59.5 Å². The highest BCUT2D eigenvalue weighted by molar-refractivity contribution is 7.26. The molecule has 0 radical (unpaired) electrons. The molecule has 0 saturated heterocycles. The lowest BCUT2D eigenvalue weighted by molar-refractivity contribution is 1.24. The van der Waals surface area contributed by atoms with Gasteiger partial charge in [0.2, 0.25) is 0 Å². The number of para-hydroxylation sites is 2. The number of nitrogens with zero attached hydrogens (tertiary/aromatic N) is 3. The van der Waals surface area contributed by atoms with Crippen molar-refractivity contribution in [1.29, 1.82) is 0 Å². The smallest absolute Gasteiger partial charge is 0.161 e. The average molecular weight is 708 g/mol. The number of hydrogen-bond acceptors (Lipinski definition) is 4. The molecule has 0 bridgehead atoms. The highest BCUT2D eigenvalue weighted by atomic mass is 32.1. The van der Waals surface area contributed by atoms with Crippen LogP contribution in [0.3, 0.4) is 0 Å². The molecule has 10 rings (SSSR count). The number of benzene rings is 8. The molecule has 2 heterocycles. The van der Waals surface area contributed by atoms with Crippen molar-refractivity contribution in [2.75, 3.05) is 4.90 Å². The molecule has 254 valence electrons. The third-order valence-electron chi connectivity index (χ3n) is 10.1. The van der Waals surface area contributed by atoms with Crippen molar-refractivity contribution in [3.8, 4) is 44.9 Å². The Kier molecular flexibility index (Phi) is 8.01. The summed E-state index contributed by atoms with van der Waals surface area (Å²) in [5.74, 6) is 0.739. The molecule has 0 spiro atoms. The van der Waals surface area contributed by atoms with E-state index < -0.39 is 0 Å². The van der Waals surface area contributed by atoms with E-state index in [-0.39, 0.29) is 0 Å². The third-order valence-corrected chi connectivity index (χ3v) is 11.3. The second kappa shape index (κ2) is 13.6. The number of anilines is 3. The Bertz CT molecular complexity index is 2900. The molecule has 0 amide bonds. The minimum Gasteiger partial charge on any atom is -0.311 e. The Morgan fingerprint density at radius 3 is 1.59 bits per heavy atom. The molecular weight excluding hydrogens is 675 g/mol. The zero-order valence-corrected chi connectivity index (χ0v) is 30.1. The first kappa shape index (κ1) is 31.8. The minimum absolute atomic E-state index is 0.739. The average Bonchev–Trinajstić information content (AvgIpc) is 3.65. The maximum absolute atomic E-state index is 5.27. The summed E-state index contributed by atoms with van der Waals surface area (Å²) in [4.78, 5) is 12.7. The lowest BCUT2D eigenvalue weighted by Crippen LogP contribution is -2.09. The van der Waals surface area contributed by atoms with E-state index in [0.717, 1.165) is 56.2 Å². The number of thiophene rings is 1. The fourth-order valence-corrected chi connectivity index (χ4v) is 8.74. The van der Waals surface area contributed by atoms with Crippen LogP contribution in [0.2, 0.25) is 0 Å². The van der Waals surface area contributed by atoms with Crippen LogP contribution < -0.4 is 4.90 Å². The Hall–Kier alpha value is -6.88. The molecule has 4 heteroatoms. The Balaban J connectivity index is 1.09. The van der Waals surface area contributed by atoms with Crippen molar-refractivity contribution < 1.29 is 0 Å². The van der Waals surface area contributed by atoms with Crippen LogP contribution in [0, 0.1) is 0 Å². The minimum atomic E-state index is 0.739. The summed E-state index contributed by atoms with van der Waals surface area (Å²) < 4.78 is 2.44. The van der Waals surface area contributed by atoms with Gasteiger partial charge in [-0.3, -0.25) is 0 Å². The Labute approximate surface area is 318 Å². The molecule has 0 aliphatic heterocycles. The number of fused-ring (bicyclic) bond motifs is 4. The van der Waals surface area contributed by atoms with Gasteiger partial charge in [0, 0.05) is 53.7 Å². The number of rotatable bonds is 7. The third kappa shape index (κ3) is 5.70. The topological polar surface area (TPSA) is 29.0 Å². The SMILES string of the molecule is c1ccc(-c2ccc(N(c3ccccc3)c3ccc(-c4ccc(-c5nc(-c6ccccc6)c6ccccc6n5)c5sc6ccccc6c45)cc3)cc2)cc1. The monoisotopic (exact) mass is 707 g/mol. The zero-order valence-electron chi connectivity index (χ0n) is 29.3. The van der Waals surface area contributed by atoms with E-state index in [2.05, 4.69) is 193 Å². The van der Waals surface area contributed by atoms with E-state index in [9.17, 15) is 0 Å². The first-order chi connectivity index (χ1) is 26.8. The van der Waals surface area contributed by atoms with Gasteiger partial charge in [-0.05, 0) is 76.9 Å². The predicted molar refractivity (Wildman–Crippen MR) is 229 cm³/mol. The molecule has 2 aromatic heterocycles. The summed E-state index contributed by atoms with van der Waals surface area (Å²) in [6, 6.07) is 70.8. The van der Waals surface area contributed by atoms with Gasteiger partial charge in [-0.1, -0.05) is 146 Å². The van der Waals surface area contributed by atoms with Gasteiger partial charge in [0.25, 0.3) is 0 Å². The van der Waals surface area contributed by atoms with E-state index in [1.165, 1.54) is 36.9 Å². The normalized spacial score (nSPS) is 11.3. The van der Waals surface area contributed by atoms with Crippen LogP contribution in [0.1, 0.15) is 0 Å². The molecular formula is C50H33N3S. The summed E-state index contributed by atoms with van der Waals surface area (Å²) >= 11 is 1.81. The summed E-state index contributed by atoms with van der Waals surface area (Å²) in [5, 5.41) is 3.52. The van der Waals surface area contributed by atoms with Crippen molar-refractivity contribution in [3.63, 3.8) is 0 Å². The maximum Gasteiger partial charge on any atom is 0.161 e. The van der Waals surface area contributed by atoms with Crippen LogP contribution in [-0.4, -0.2) is 9.97 Å². The van der Waals surface area contributed by atoms with Crippen LogP contribution in [0.25, 0.3) is 76.0 Å². The molecule has 0 N–H and O–H groups in total. The maximum atomic E-state index is 5.27. The highest BCUT2D eigenvalue weighted by Crippen LogP contribution is 2.45. The summed E-state index contributed by atoms with van der Waals surface area (Å²) in [6.45, 7) is 0. The molecule has 0 unspecified atom stereocenters. The van der Waals surface area contributed by atoms with Crippen LogP contribution in [0.4, 0.5) is 17.1 Å². The molecule has 0 fully saturated rings. The van der Waals surface area contributed by atoms with Gasteiger partial charge in [-0.25, -0.2) is 9.97 Å². The van der Waals surface area contributed by atoms with Crippen LogP contribution >= 0.6 is 11.3 Å². The fraction of sp³-hybridized carbons (Fsp3) is 0. The second-order valence-electron chi connectivity index (χ2n) is 13.4. The van der Waals surface area contributed by atoms with E-state index in [1.54, 1.807) is 0 Å². The summed E-state index contributed by atoms with van der Waals surface area (Å²) in [5.41, 5.74) is 12.1.